The molecule has 1 atom stereocenters. The Hall–Kier alpha value is -1.33. The molecule has 68 valence electrons. The van der Waals surface area contributed by atoms with E-state index in [0.717, 1.165) is 17.5 Å². The lowest BCUT2D eigenvalue weighted by molar-refractivity contribution is 0.698. The summed E-state index contributed by atoms with van der Waals surface area (Å²) in [7, 11) is 0. The number of hydrogen-bond donors (Lipinski definition) is 1. The Bertz CT molecular complexity index is 336. The first-order chi connectivity index (χ1) is 6.17. The van der Waals surface area contributed by atoms with Crippen molar-refractivity contribution in [2.45, 2.75) is 26.3 Å². The van der Waals surface area contributed by atoms with Crippen molar-refractivity contribution in [3.8, 4) is 6.07 Å². The van der Waals surface area contributed by atoms with E-state index in [-0.39, 0.29) is 6.04 Å². The Kier molecular flexibility index (Phi) is 3.05. The monoisotopic (exact) mass is 174 g/mol. The minimum Gasteiger partial charge on any atom is -0.324 e. The fraction of sp³-hybridized carbons (Fsp3) is 0.364. The van der Waals surface area contributed by atoms with Crippen LogP contribution in [0.5, 0.6) is 0 Å². The molecule has 0 amide bonds. The summed E-state index contributed by atoms with van der Waals surface area (Å²) >= 11 is 0. The maximum Gasteiger partial charge on any atom is 0.0991 e. The third-order valence-electron chi connectivity index (χ3n) is 2.10. The molecule has 2 heteroatoms. The highest BCUT2D eigenvalue weighted by Gasteiger charge is 2.04. The molecule has 0 saturated carbocycles. The van der Waals surface area contributed by atoms with Gasteiger partial charge in [0.1, 0.15) is 0 Å². The van der Waals surface area contributed by atoms with Crippen molar-refractivity contribution < 1.29 is 0 Å². The van der Waals surface area contributed by atoms with Gasteiger partial charge in [-0.2, -0.15) is 5.26 Å². The van der Waals surface area contributed by atoms with Crippen LogP contribution in [0.15, 0.2) is 18.2 Å². The lowest BCUT2D eigenvalue weighted by atomic mass is 10.0. The van der Waals surface area contributed by atoms with Gasteiger partial charge in [-0.05, 0) is 36.6 Å². The van der Waals surface area contributed by atoms with Crippen LogP contribution in [0.2, 0.25) is 0 Å². The number of aryl methyl sites for hydroxylation is 1. The number of nitrogens with zero attached hydrogens (tertiary/aromatic N) is 1. The van der Waals surface area contributed by atoms with E-state index < -0.39 is 0 Å². The first kappa shape index (κ1) is 9.76. The van der Waals surface area contributed by atoms with Crippen LogP contribution in [-0.4, -0.2) is 0 Å². The Morgan fingerprint density at radius 2 is 2.15 bits per heavy atom. The van der Waals surface area contributed by atoms with Crippen LogP contribution < -0.4 is 5.73 Å². The highest BCUT2D eigenvalue weighted by atomic mass is 14.6. The van der Waals surface area contributed by atoms with Crippen molar-refractivity contribution in [3.05, 3.63) is 34.9 Å². The molecule has 2 N–H and O–H groups in total. The van der Waals surface area contributed by atoms with Crippen LogP contribution in [0.1, 0.15) is 36.1 Å². The van der Waals surface area contributed by atoms with Gasteiger partial charge < -0.3 is 5.73 Å². The van der Waals surface area contributed by atoms with Crippen LogP contribution in [-0.2, 0) is 0 Å². The quantitative estimate of drug-likeness (QED) is 0.747. The average Bonchev–Trinajstić information content (AvgIpc) is 2.15. The third-order valence-corrected chi connectivity index (χ3v) is 2.10. The van der Waals surface area contributed by atoms with Gasteiger partial charge in [-0.1, -0.05) is 13.0 Å². The largest absolute Gasteiger partial charge is 0.324 e. The number of hydrogen-bond acceptors (Lipinski definition) is 2. The number of rotatable bonds is 2. The summed E-state index contributed by atoms with van der Waals surface area (Å²) < 4.78 is 0. The van der Waals surface area contributed by atoms with E-state index >= 15 is 0 Å². The highest BCUT2D eigenvalue weighted by Crippen LogP contribution is 2.17. The van der Waals surface area contributed by atoms with Crippen molar-refractivity contribution in [3.63, 3.8) is 0 Å². The minimum absolute atomic E-state index is 0.0481. The predicted molar refractivity (Wildman–Crippen MR) is 53.1 cm³/mol. The van der Waals surface area contributed by atoms with Crippen molar-refractivity contribution in [1.82, 2.24) is 0 Å². The van der Waals surface area contributed by atoms with Crippen molar-refractivity contribution in [2.75, 3.05) is 0 Å². The molecule has 0 spiro atoms. The molecule has 1 rings (SSSR count). The molecule has 0 bridgehead atoms. The van der Waals surface area contributed by atoms with E-state index in [0.29, 0.717) is 5.56 Å². The number of benzene rings is 1. The highest BCUT2D eigenvalue weighted by molar-refractivity contribution is 5.38. The fourth-order valence-corrected chi connectivity index (χ4v) is 1.33. The molecular weight excluding hydrogens is 160 g/mol. The lowest BCUT2D eigenvalue weighted by Gasteiger charge is -2.10. The summed E-state index contributed by atoms with van der Waals surface area (Å²) in [6, 6.07) is 7.95. The molecule has 0 radical (unpaired) electrons. The molecule has 0 aliphatic carbocycles. The average molecular weight is 174 g/mol. The van der Waals surface area contributed by atoms with Crippen LogP contribution in [0.3, 0.4) is 0 Å². The first-order valence-corrected chi connectivity index (χ1v) is 4.44. The lowest BCUT2D eigenvalue weighted by Crippen LogP contribution is -2.08. The summed E-state index contributed by atoms with van der Waals surface area (Å²) in [6.07, 6.45) is 0.897. The summed E-state index contributed by atoms with van der Waals surface area (Å²) in [6.45, 7) is 4.02. The van der Waals surface area contributed by atoms with Crippen LogP contribution in [0.25, 0.3) is 0 Å². The minimum atomic E-state index is 0.0481. The van der Waals surface area contributed by atoms with Crippen LogP contribution in [0, 0.1) is 18.3 Å². The normalized spacial score (nSPS) is 12.2. The van der Waals surface area contributed by atoms with Gasteiger partial charge in [0, 0.05) is 6.04 Å². The van der Waals surface area contributed by atoms with Gasteiger partial charge in [0.25, 0.3) is 0 Å². The van der Waals surface area contributed by atoms with Gasteiger partial charge in [-0.25, -0.2) is 0 Å². The fourth-order valence-electron chi connectivity index (χ4n) is 1.33. The van der Waals surface area contributed by atoms with Gasteiger partial charge in [-0.3, -0.25) is 0 Å². The van der Waals surface area contributed by atoms with Gasteiger partial charge in [0.05, 0.1) is 11.6 Å². The van der Waals surface area contributed by atoms with E-state index in [1.807, 2.05) is 32.0 Å². The summed E-state index contributed by atoms with van der Waals surface area (Å²) in [5.74, 6) is 0. The standard InChI is InChI=1S/C11H14N2/c1-3-11(13)10-5-8(2)4-9(6-10)7-12/h4-6,11H,3,13H2,1-2H3/t11-/m1/s1. The summed E-state index contributed by atoms with van der Waals surface area (Å²) in [5, 5.41) is 8.75. The molecule has 0 unspecified atom stereocenters. The SMILES string of the molecule is CC[C@@H](N)c1cc(C)cc(C#N)c1. The predicted octanol–water partition coefficient (Wildman–Crippen LogP) is 2.28. The number of nitrogens with two attached hydrogens (primary N) is 1. The zero-order valence-corrected chi connectivity index (χ0v) is 8.04. The Morgan fingerprint density at radius 1 is 1.46 bits per heavy atom. The van der Waals surface area contributed by atoms with E-state index in [1.54, 1.807) is 0 Å². The topological polar surface area (TPSA) is 49.8 Å². The second-order valence-electron chi connectivity index (χ2n) is 3.26. The summed E-state index contributed by atoms with van der Waals surface area (Å²) in [5.41, 5.74) is 8.72. The molecule has 1 aromatic carbocycles. The second kappa shape index (κ2) is 4.06. The van der Waals surface area contributed by atoms with Crippen LogP contribution in [0.4, 0.5) is 0 Å². The molecular formula is C11H14N2. The number of nitriles is 1. The van der Waals surface area contributed by atoms with E-state index in [2.05, 4.69) is 6.07 Å². The maximum absolute atomic E-state index is 8.75. The summed E-state index contributed by atoms with van der Waals surface area (Å²) in [4.78, 5) is 0. The van der Waals surface area contributed by atoms with Gasteiger partial charge in [0.2, 0.25) is 0 Å². The van der Waals surface area contributed by atoms with Crippen molar-refractivity contribution in [2.24, 2.45) is 5.73 Å². The van der Waals surface area contributed by atoms with Crippen LogP contribution >= 0.6 is 0 Å². The Labute approximate surface area is 79.0 Å². The first-order valence-electron chi connectivity index (χ1n) is 4.44. The molecule has 0 fully saturated rings. The van der Waals surface area contributed by atoms with E-state index in [9.17, 15) is 0 Å². The molecule has 0 heterocycles. The maximum atomic E-state index is 8.75. The molecule has 0 aromatic heterocycles. The molecule has 0 aliphatic rings. The van der Waals surface area contributed by atoms with Crippen molar-refractivity contribution >= 4 is 0 Å². The zero-order chi connectivity index (χ0) is 9.84. The second-order valence-corrected chi connectivity index (χ2v) is 3.26. The molecule has 2 nitrogen and oxygen atoms in total. The van der Waals surface area contributed by atoms with Gasteiger partial charge in [-0.15, -0.1) is 0 Å². The smallest absolute Gasteiger partial charge is 0.0991 e. The zero-order valence-electron chi connectivity index (χ0n) is 8.04. The Balaban J connectivity index is 3.10. The molecule has 0 saturated heterocycles. The van der Waals surface area contributed by atoms with Gasteiger partial charge in [0.15, 0.2) is 0 Å². The molecule has 0 aliphatic heterocycles. The van der Waals surface area contributed by atoms with E-state index in [4.69, 9.17) is 11.0 Å². The third kappa shape index (κ3) is 2.30. The molecule has 1 aromatic rings. The van der Waals surface area contributed by atoms with Crippen molar-refractivity contribution in [1.29, 1.82) is 5.26 Å². The molecule has 13 heavy (non-hydrogen) atoms. The van der Waals surface area contributed by atoms with E-state index in [1.165, 1.54) is 0 Å². The Morgan fingerprint density at radius 3 is 2.69 bits per heavy atom. The van der Waals surface area contributed by atoms with Gasteiger partial charge >= 0.3 is 0 Å².